The van der Waals surface area contributed by atoms with Gasteiger partial charge in [-0.3, -0.25) is 4.90 Å². The number of thiophene rings is 1. The highest BCUT2D eigenvalue weighted by Crippen LogP contribution is 2.37. The summed E-state index contributed by atoms with van der Waals surface area (Å²) in [6, 6.07) is 2.74. The average Bonchev–Trinajstić information content (AvgIpc) is 3.14. The maximum atomic E-state index is 6.10. The summed E-state index contributed by atoms with van der Waals surface area (Å²) in [5, 5.41) is 6.95. The van der Waals surface area contributed by atoms with Gasteiger partial charge in [0.15, 0.2) is 5.13 Å². The summed E-state index contributed by atoms with van der Waals surface area (Å²) in [5.41, 5.74) is 1.10. The molecule has 2 aromatic heterocycles. The zero-order valence-corrected chi connectivity index (χ0v) is 15.5. The van der Waals surface area contributed by atoms with Gasteiger partial charge in [-0.1, -0.05) is 24.9 Å². The number of hydrogen-bond acceptors (Lipinski definition) is 5. The molecule has 1 saturated heterocycles. The van der Waals surface area contributed by atoms with Crippen LogP contribution in [0.3, 0.4) is 0 Å². The Kier molecular flexibility index (Phi) is 5.39. The van der Waals surface area contributed by atoms with Crippen molar-refractivity contribution in [3.8, 4) is 10.6 Å². The standard InChI is InChI=1S/C16H22ClN3S2/c1-3-12-6-4-5-7-20(12)9-14-15(19-16(18-2)22-14)13-8-11(17)10-21-13/h8,10,12H,3-7,9H2,1-2H3,(H,18,19). The minimum atomic E-state index is 0.716. The highest BCUT2D eigenvalue weighted by Gasteiger charge is 2.24. The third-order valence-corrected chi connectivity index (χ3v) is 6.62. The maximum Gasteiger partial charge on any atom is 0.183 e. The Balaban J connectivity index is 1.87. The van der Waals surface area contributed by atoms with Gasteiger partial charge in [-0.15, -0.1) is 22.7 Å². The van der Waals surface area contributed by atoms with Crippen molar-refractivity contribution in [1.29, 1.82) is 0 Å². The number of nitrogens with zero attached hydrogens (tertiary/aromatic N) is 2. The molecule has 1 atom stereocenters. The van der Waals surface area contributed by atoms with Crippen LogP contribution in [0.4, 0.5) is 5.13 Å². The molecule has 2 aromatic rings. The molecule has 6 heteroatoms. The second kappa shape index (κ2) is 7.30. The van der Waals surface area contributed by atoms with E-state index in [1.807, 2.05) is 18.5 Å². The van der Waals surface area contributed by atoms with Crippen molar-refractivity contribution in [3.05, 3.63) is 21.3 Å². The van der Waals surface area contributed by atoms with Gasteiger partial charge in [-0.05, 0) is 31.9 Å². The van der Waals surface area contributed by atoms with Crippen LogP contribution in [0.5, 0.6) is 0 Å². The van der Waals surface area contributed by atoms with Crippen LogP contribution in [0.1, 0.15) is 37.5 Å². The molecule has 0 aliphatic carbocycles. The maximum absolute atomic E-state index is 6.10. The number of thiazole rings is 1. The predicted molar refractivity (Wildman–Crippen MR) is 98.3 cm³/mol. The monoisotopic (exact) mass is 355 g/mol. The second-order valence-corrected chi connectivity index (χ2v) is 8.13. The number of aromatic nitrogens is 1. The quantitative estimate of drug-likeness (QED) is 0.785. The molecule has 22 heavy (non-hydrogen) atoms. The van der Waals surface area contributed by atoms with Gasteiger partial charge in [0, 0.05) is 29.9 Å². The Bertz CT molecular complexity index is 623. The Morgan fingerprint density at radius 3 is 3.00 bits per heavy atom. The summed E-state index contributed by atoms with van der Waals surface area (Å²) in [6.07, 6.45) is 5.24. The van der Waals surface area contributed by atoms with Crippen LogP contribution in [0.25, 0.3) is 10.6 Å². The first-order valence-corrected chi connectivity index (χ1v) is 9.94. The summed E-state index contributed by atoms with van der Waals surface area (Å²) in [7, 11) is 1.93. The topological polar surface area (TPSA) is 28.2 Å². The first-order valence-electron chi connectivity index (χ1n) is 7.87. The molecule has 3 rings (SSSR count). The largest absolute Gasteiger partial charge is 0.365 e. The fraction of sp³-hybridized carbons (Fsp3) is 0.562. The van der Waals surface area contributed by atoms with E-state index in [1.165, 1.54) is 42.0 Å². The Hall–Kier alpha value is -0.620. The highest BCUT2D eigenvalue weighted by molar-refractivity contribution is 7.17. The van der Waals surface area contributed by atoms with Crippen LogP contribution in [0.2, 0.25) is 5.02 Å². The van der Waals surface area contributed by atoms with Crippen molar-refractivity contribution in [2.24, 2.45) is 0 Å². The summed E-state index contributed by atoms with van der Waals surface area (Å²) >= 11 is 9.55. The van der Waals surface area contributed by atoms with Gasteiger partial charge < -0.3 is 5.32 Å². The molecule has 1 unspecified atom stereocenters. The van der Waals surface area contributed by atoms with Gasteiger partial charge in [0.25, 0.3) is 0 Å². The van der Waals surface area contributed by atoms with Crippen molar-refractivity contribution >= 4 is 39.4 Å². The molecular formula is C16H22ClN3S2. The van der Waals surface area contributed by atoms with Gasteiger partial charge in [0.2, 0.25) is 0 Å². The molecule has 1 aliphatic heterocycles. The number of halogens is 1. The zero-order chi connectivity index (χ0) is 15.5. The van der Waals surface area contributed by atoms with E-state index in [-0.39, 0.29) is 0 Å². The van der Waals surface area contributed by atoms with Crippen molar-refractivity contribution < 1.29 is 0 Å². The fourth-order valence-corrected chi connectivity index (χ4v) is 5.22. The van der Waals surface area contributed by atoms with Gasteiger partial charge in [-0.2, -0.15) is 0 Å². The zero-order valence-electron chi connectivity index (χ0n) is 13.1. The molecule has 1 N–H and O–H groups in total. The molecule has 120 valence electrons. The minimum absolute atomic E-state index is 0.716. The number of likely N-dealkylation sites (tertiary alicyclic amines) is 1. The Morgan fingerprint density at radius 2 is 2.32 bits per heavy atom. The van der Waals surface area contributed by atoms with Crippen molar-refractivity contribution in [1.82, 2.24) is 9.88 Å². The van der Waals surface area contributed by atoms with Crippen LogP contribution in [0, 0.1) is 0 Å². The van der Waals surface area contributed by atoms with E-state index in [0.29, 0.717) is 6.04 Å². The van der Waals surface area contributed by atoms with Gasteiger partial charge in [0.05, 0.1) is 15.6 Å². The van der Waals surface area contributed by atoms with Crippen LogP contribution in [-0.2, 0) is 6.54 Å². The summed E-state index contributed by atoms with van der Waals surface area (Å²) in [6.45, 7) is 4.51. The van der Waals surface area contributed by atoms with E-state index in [4.69, 9.17) is 16.6 Å². The molecule has 3 heterocycles. The summed E-state index contributed by atoms with van der Waals surface area (Å²) < 4.78 is 0. The number of hydrogen-bond donors (Lipinski definition) is 1. The summed E-state index contributed by atoms with van der Waals surface area (Å²) in [4.78, 5) is 9.91. The lowest BCUT2D eigenvalue weighted by Crippen LogP contribution is -2.38. The average molecular weight is 356 g/mol. The van der Waals surface area contributed by atoms with Crippen molar-refractivity contribution in [2.75, 3.05) is 18.9 Å². The minimum Gasteiger partial charge on any atom is -0.365 e. The molecule has 1 aliphatic rings. The first-order chi connectivity index (χ1) is 10.7. The summed E-state index contributed by atoms with van der Waals surface area (Å²) in [5.74, 6) is 0. The molecular weight excluding hydrogens is 334 g/mol. The molecule has 0 bridgehead atoms. The van der Waals surface area contributed by atoms with Crippen LogP contribution in [0.15, 0.2) is 11.4 Å². The van der Waals surface area contributed by atoms with Crippen LogP contribution >= 0.6 is 34.3 Å². The van der Waals surface area contributed by atoms with E-state index >= 15 is 0 Å². The van der Waals surface area contributed by atoms with Crippen molar-refractivity contribution in [3.63, 3.8) is 0 Å². The fourth-order valence-electron chi connectivity index (χ4n) is 3.11. The van der Waals surface area contributed by atoms with Gasteiger partial charge >= 0.3 is 0 Å². The molecule has 0 amide bonds. The molecule has 1 fully saturated rings. The predicted octanol–water partition coefficient (Wildman–Crippen LogP) is 5.33. The number of nitrogens with one attached hydrogen (secondary N) is 1. The lowest BCUT2D eigenvalue weighted by molar-refractivity contribution is 0.137. The van der Waals surface area contributed by atoms with Gasteiger partial charge in [0.1, 0.15) is 0 Å². The van der Waals surface area contributed by atoms with Gasteiger partial charge in [-0.25, -0.2) is 4.98 Å². The van der Waals surface area contributed by atoms with Crippen LogP contribution < -0.4 is 5.32 Å². The third kappa shape index (κ3) is 3.48. The lowest BCUT2D eigenvalue weighted by Gasteiger charge is -2.34. The van der Waals surface area contributed by atoms with E-state index in [1.54, 1.807) is 22.7 Å². The number of piperidine rings is 1. The first kappa shape index (κ1) is 16.2. The van der Waals surface area contributed by atoms with Crippen molar-refractivity contribution in [2.45, 2.75) is 45.2 Å². The number of anilines is 1. The van der Waals surface area contributed by atoms with Crippen LogP contribution in [-0.4, -0.2) is 29.5 Å². The molecule has 0 spiro atoms. The molecule has 3 nitrogen and oxygen atoms in total. The van der Waals surface area contributed by atoms with E-state index in [0.717, 1.165) is 22.4 Å². The molecule has 0 radical (unpaired) electrons. The lowest BCUT2D eigenvalue weighted by atomic mass is 10.00. The normalized spacial score (nSPS) is 19.5. The van der Waals surface area contributed by atoms with E-state index in [9.17, 15) is 0 Å². The van der Waals surface area contributed by atoms with E-state index < -0.39 is 0 Å². The molecule has 0 aromatic carbocycles. The number of rotatable bonds is 5. The third-order valence-electron chi connectivity index (χ3n) is 4.28. The molecule has 0 saturated carbocycles. The Morgan fingerprint density at radius 1 is 1.45 bits per heavy atom. The SMILES string of the molecule is CCC1CCCCN1Cc1sc(NC)nc1-c1cc(Cl)cs1. The van der Waals surface area contributed by atoms with E-state index in [2.05, 4.69) is 17.1 Å². The second-order valence-electron chi connectivity index (χ2n) is 5.70. The smallest absolute Gasteiger partial charge is 0.183 e. The highest BCUT2D eigenvalue weighted by atomic mass is 35.5. The Labute approximate surface area is 145 Å².